The molecule has 1 fully saturated rings. The number of likely N-dealkylation sites (tertiary alicyclic amines) is 1. The van der Waals surface area contributed by atoms with Gasteiger partial charge in [0.15, 0.2) is 12.5 Å². The first-order valence-corrected chi connectivity index (χ1v) is 10.3. The van der Waals surface area contributed by atoms with Gasteiger partial charge in [0.2, 0.25) is 4.77 Å². The first-order chi connectivity index (χ1) is 12.7. The molecule has 2 aromatic heterocycles. The third-order valence-corrected chi connectivity index (χ3v) is 6.18. The molecule has 3 aromatic rings. The van der Waals surface area contributed by atoms with Crippen LogP contribution in [0.3, 0.4) is 0 Å². The van der Waals surface area contributed by atoms with Crippen LogP contribution >= 0.6 is 23.6 Å². The Morgan fingerprint density at radius 2 is 1.92 bits per heavy atom. The Balaban J connectivity index is 1.65. The molecule has 5 nitrogen and oxygen atoms in total. The Bertz CT molecular complexity index is 894. The molecule has 0 radical (unpaired) electrons. The summed E-state index contributed by atoms with van der Waals surface area (Å²) < 4.78 is 4.85. The molecule has 2 N–H and O–H groups in total. The number of nitrogens with one attached hydrogen (secondary N) is 1. The van der Waals surface area contributed by atoms with Crippen molar-refractivity contribution in [1.29, 1.82) is 0 Å². The summed E-state index contributed by atoms with van der Waals surface area (Å²) in [6.45, 7) is 3.40. The van der Waals surface area contributed by atoms with Crippen LogP contribution in [0.5, 0.6) is 0 Å². The van der Waals surface area contributed by atoms with E-state index in [2.05, 4.69) is 40.3 Å². The fourth-order valence-electron chi connectivity index (χ4n) is 3.42. The van der Waals surface area contributed by atoms with Crippen molar-refractivity contribution >= 4 is 23.6 Å². The number of aliphatic hydroxyl groups excluding tert-OH is 1. The number of aliphatic hydroxyl groups is 1. The molecule has 1 aromatic carbocycles. The highest BCUT2D eigenvalue weighted by Crippen LogP contribution is 2.24. The van der Waals surface area contributed by atoms with Crippen LogP contribution in [0.25, 0.3) is 10.7 Å². The number of piperidine rings is 1. The Labute approximate surface area is 162 Å². The standard InChI is InChI=1S/C19H22N4OS2/c24-16-8-10-21(11-9-16)14-23-19(25)22(13-15-5-2-1-3-6-15)18(20-23)17-7-4-12-26-17/h1-7,12,16,24H,8-11,13-14H2/p+1. The number of rotatable bonds is 5. The smallest absolute Gasteiger partial charge is 0.203 e. The normalized spacial score (nSPS) is 20.3. The zero-order valence-corrected chi connectivity index (χ0v) is 16.2. The average molecular weight is 388 g/mol. The van der Waals surface area contributed by atoms with Crippen molar-refractivity contribution in [3.8, 4) is 10.7 Å². The number of quaternary nitrogens is 1. The van der Waals surface area contributed by atoms with Gasteiger partial charge in [0.05, 0.1) is 30.6 Å². The van der Waals surface area contributed by atoms with Crippen molar-refractivity contribution in [1.82, 2.24) is 14.3 Å². The van der Waals surface area contributed by atoms with Gasteiger partial charge in [-0.2, -0.15) is 4.68 Å². The second-order valence-electron chi connectivity index (χ2n) is 6.79. The molecule has 7 heteroatoms. The highest BCUT2D eigenvalue weighted by atomic mass is 32.1. The van der Waals surface area contributed by atoms with E-state index in [4.69, 9.17) is 17.3 Å². The van der Waals surface area contributed by atoms with Crippen molar-refractivity contribution in [3.05, 3.63) is 58.2 Å². The predicted octanol–water partition coefficient (Wildman–Crippen LogP) is 2.19. The maximum Gasteiger partial charge on any atom is 0.203 e. The lowest BCUT2D eigenvalue weighted by molar-refractivity contribution is -0.929. The van der Waals surface area contributed by atoms with E-state index in [1.807, 2.05) is 16.8 Å². The molecule has 0 unspecified atom stereocenters. The van der Waals surface area contributed by atoms with Crippen molar-refractivity contribution in [3.63, 3.8) is 0 Å². The third-order valence-electron chi connectivity index (χ3n) is 4.88. The van der Waals surface area contributed by atoms with E-state index in [1.54, 1.807) is 11.3 Å². The van der Waals surface area contributed by atoms with Gasteiger partial charge >= 0.3 is 0 Å². The summed E-state index contributed by atoms with van der Waals surface area (Å²) in [5.41, 5.74) is 1.22. The third kappa shape index (κ3) is 3.81. The molecule has 1 saturated heterocycles. The Hall–Kier alpha value is -1.80. The predicted molar refractivity (Wildman–Crippen MR) is 106 cm³/mol. The Kier molecular flexibility index (Phi) is 5.31. The van der Waals surface area contributed by atoms with Crippen molar-refractivity contribution < 1.29 is 10.0 Å². The topological polar surface area (TPSA) is 47.4 Å². The minimum absolute atomic E-state index is 0.149. The van der Waals surface area contributed by atoms with E-state index >= 15 is 0 Å². The van der Waals surface area contributed by atoms with Crippen LogP contribution in [0.2, 0.25) is 0 Å². The zero-order chi connectivity index (χ0) is 17.9. The summed E-state index contributed by atoms with van der Waals surface area (Å²) >= 11 is 7.47. The first kappa shape index (κ1) is 17.6. The number of aromatic nitrogens is 3. The van der Waals surface area contributed by atoms with Gasteiger partial charge in [-0.1, -0.05) is 36.4 Å². The number of benzene rings is 1. The monoisotopic (exact) mass is 387 g/mol. The molecule has 1 aliphatic heterocycles. The van der Waals surface area contributed by atoms with Crippen molar-refractivity contribution in [2.45, 2.75) is 32.2 Å². The van der Waals surface area contributed by atoms with Crippen LogP contribution in [-0.2, 0) is 13.2 Å². The maximum atomic E-state index is 9.73. The van der Waals surface area contributed by atoms with Gasteiger partial charge in [-0.05, 0) is 29.2 Å². The minimum atomic E-state index is -0.149. The van der Waals surface area contributed by atoms with Gasteiger partial charge in [-0.3, -0.25) is 4.57 Å². The van der Waals surface area contributed by atoms with E-state index in [0.29, 0.717) is 0 Å². The first-order valence-electron chi connectivity index (χ1n) is 8.98. The van der Waals surface area contributed by atoms with Crippen LogP contribution in [0.15, 0.2) is 47.8 Å². The molecule has 0 spiro atoms. The van der Waals surface area contributed by atoms with Crippen LogP contribution in [0.4, 0.5) is 0 Å². The molecule has 0 atom stereocenters. The number of hydrogen-bond acceptors (Lipinski definition) is 4. The van der Waals surface area contributed by atoms with Crippen LogP contribution in [0.1, 0.15) is 18.4 Å². The highest BCUT2D eigenvalue weighted by Gasteiger charge is 2.22. The lowest BCUT2D eigenvalue weighted by Crippen LogP contribution is -3.12. The minimum Gasteiger partial charge on any atom is -0.393 e. The zero-order valence-electron chi connectivity index (χ0n) is 14.5. The second-order valence-corrected chi connectivity index (χ2v) is 8.11. The summed E-state index contributed by atoms with van der Waals surface area (Å²) in [7, 11) is 0. The Morgan fingerprint density at radius 1 is 1.15 bits per heavy atom. The van der Waals surface area contributed by atoms with Crippen molar-refractivity contribution in [2.24, 2.45) is 0 Å². The summed E-state index contributed by atoms with van der Waals surface area (Å²) in [6.07, 6.45) is 1.56. The average Bonchev–Trinajstić information content (AvgIpc) is 3.28. The molecule has 4 rings (SSSR count). The van der Waals surface area contributed by atoms with Crippen LogP contribution in [-0.4, -0.2) is 38.6 Å². The molecule has 0 saturated carbocycles. The highest BCUT2D eigenvalue weighted by molar-refractivity contribution is 7.71. The number of hydrogen-bond donors (Lipinski definition) is 2. The molecular formula is C19H23N4OS2+. The second kappa shape index (κ2) is 7.84. The maximum absolute atomic E-state index is 9.73. The van der Waals surface area contributed by atoms with Crippen LogP contribution in [0, 0.1) is 4.77 Å². The molecule has 136 valence electrons. The van der Waals surface area contributed by atoms with Crippen molar-refractivity contribution in [2.75, 3.05) is 13.1 Å². The van der Waals surface area contributed by atoms with E-state index in [1.165, 1.54) is 10.5 Å². The molecule has 1 aliphatic rings. The number of thiophene rings is 1. The van der Waals surface area contributed by atoms with Gasteiger partial charge in [0.25, 0.3) is 0 Å². The summed E-state index contributed by atoms with van der Waals surface area (Å²) in [4.78, 5) is 2.56. The van der Waals surface area contributed by atoms with Gasteiger partial charge in [0.1, 0.15) is 0 Å². The lowest BCUT2D eigenvalue weighted by Gasteiger charge is -2.26. The number of nitrogens with zero attached hydrogens (tertiary/aromatic N) is 3. The summed E-state index contributed by atoms with van der Waals surface area (Å²) in [5.74, 6) is 0.935. The lowest BCUT2D eigenvalue weighted by atomic mass is 10.1. The summed E-state index contributed by atoms with van der Waals surface area (Å²) in [6, 6.07) is 14.5. The van der Waals surface area contributed by atoms with E-state index in [9.17, 15) is 5.11 Å². The molecule has 26 heavy (non-hydrogen) atoms. The molecule has 0 amide bonds. The molecule has 3 heterocycles. The van der Waals surface area contributed by atoms with Gasteiger partial charge in [-0.15, -0.1) is 16.4 Å². The van der Waals surface area contributed by atoms with Gasteiger partial charge in [-0.25, -0.2) is 0 Å². The van der Waals surface area contributed by atoms with Gasteiger partial charge < -0.3 is 10.0 Å². The van der Waals surface area contributed by atoms with E-state index in [0.717, 1.165) is 54.6 Å². The SMILES string of the molecule is OC1CC[NH+](Cn2nc(-c3cccs3)n(Cc3ccccc3)c2=S)CC1. The largest absolute Gasteiger partial charge is 0.393 e. The molecule has 0 aliphatic carbocycles. The summed E-state index contributed by atoms with van der Waals surface area (Å²) in [5, 5.41) is 16.7. The molecular weight excluding hydrogens is 364 g/mol. The fourth-order valence-corrected chi connectivity index (χ4v) is 4.40. The van der Waals surface area contributed by atoms with Crippen LogP contribution < -0.4 is 4.90 Å². The van der Waals surface area contributed by atoms with E-state index < -0.39 is 0 Å². The molecule has 0 bridgehead atoms. The Morgan fingerprint density at radius 3 is 2.62 bits per heavy atom. The quantitative estimate of drug-likeness (QED) is 0.660. The fraction of sp³-hybridized carbons (Fsp3) is 0.368. The van der Waals surface area contributed by atoms with E-state index in [-0.39, 0.29) is 6.10 Å². The van der Waals surface area contributed by atoms with Gasteiger partial charge in [0, 0.05) is 12.8 Å².